The van der Waals surface area contributed by atoms with E-state index in [1.807, 2.05) is 56.1 Å². The lowest BCUT2D eigenvalue weighted by Crippen LogP contribution is -2.30. The third-order valence-electron chi connectivity index (χ3n) is 3.87. The molecular formula is C18H19ClN2O3. The van der Waals surface area contributed by atoms with Crippen LogP contribution >= 0.6 is 11.6 Å². The van der Waals surface area contributed by atoms with Crippen molar-refractivity contribution < 1.29 is 14.3 Å². The number of aryl methyl sites for hydroxylation is 2. The summed E-state index contributed by atoms with van der Waals surface area (Å²) >= 11 is 6.24. The van der Waals surface area contributed by atoms with Crippen LogP contribution in [0.5, 0.6) is 11.5 Å². The average molecular weight is 347 g/mol. The van der Waals surface area contributed by atoms with Crippen molar-refractivity contribution in [2.45, 2.75) is 13.8 Å². The molecule has 1 aliphatic rings. The molecule has 1 amide bonds. The molecule has 5 nitrogen and oxygen atoms in total. The fraction of sp³-hybridized carbons (Fsp3) is 0.278. The van der Waals surface area contributed by atoms with Crippen LogP contribution in [0.1, 0.15) is 11.1 Å². The molecule has 24 heavy (non-hydrogen) atoms. The minimum atomic E-state index is -0.135. The third kappa shape index (κ3) is 3.41. The zero-order valence-electron chi connectivity index (χ0n) is 13.9. The third-order valence-corrected chi connectivity index (χ3v) is 4.17. The summed E-state index contributed by atoms with van der Waals surface area (Å²) in [5.74, 6) is 1.28. The molecular weight excluding hydrogens is 328 g/mol. The highest BCUT2D eigenvalue weighted by molar-refractivity contribution is 6.34. The summed E-state index contributed by atoms with van der Waals surface area (Å²) < 4.78 is 10.7. The molecule has 0 aromatic heterocycles. The first-order valence-electron chi connectivity index (χ1n) is 7.61. The summed E-state index contributed by atoms with van der Waals surface area (Å²) in [7, 11) is 1.85. The quantitative estimate of drug-likeness (QED) is 0.915. The van der Waals surface area contributed by atoms with E-state index in [2.05, 4.69) is 5.32 Å². The maximum atomic E-state index is 12.4. The molecule has 0 saturated carbocycles. The lowest BCUT2D eigenvalue weighted by Gasteiger charge is -2.20. The molecule has 0 bridgehead atoms. The van der Waals surface area contributed by atoms with E-state index < -0.39 is 0 Å². The summed E-state index contributed by atoms with van der Waals surface area (Å²) in [5.41, 5.74) is 3.54. The molecule has 0 saturated heterocycles. The second-order valence-electron chi connectivity index (χ2n) is 5.88. The number of ether oxygens (including phenoxy) is 2. The Kier molecular flexibility index (Phi) is 4.53. The first-order valence-corrected chi connectivity index (χ1v) is 7.99. The van der Waals surface area contributed by atoms with Gasteiger partial charge in [-0.1, -0.05) is 17.7 Å². The summed E-state index contributed by atoms with van der Waals surface area (Å²) in [6.07, 6.45) is 0. The van der Waals surface area contributed by atoms with Gasteiger partial charge in [0, 0.05) is 18.8 Å². The highest BCUT2D eigenvalue weighted by Gasteiger charge is 2.16. The Morgan fingerprint density at radius 1 is 1.21 bits per heavy atom. The maximum Gasteiger partial charge on any atom is 0.243 e. The van der Waals surface area contributed by atoms with Crippen molar-refractivity contribution in [2.24, 2.45) is 0 Å². The minimum Gasteiger partial charge on any atom is -0.454 e. The Labute approximate surface area is 146 Å². The standard InChI is InChI=1S/C18H19ClN2O3/c1-11-6-12(2)18(14(19)7-11)20-17(22)9-21(3)13-4-5-15-16(8-13)24-10-23-15/h4-8H,9-10H2,1-3H3,(H,20,22). The molecule has 0 unspecified atom stereocenters. The highest BCUT2D eigenvalue weighted by Crippen LogP contribution is 2.35. The number of nitrogens with zero attached hydrogens (tertiary/aromatic N) is 1. The predicted molar refractivity (Wildman–Crippen MR) is 95.4 cm³/mol. The van der Waals surface area contributed by atoms with Crippen LogP contribution in [0.25, 0.3) is 0 Å². The van der Waals surface area contributed by atoms with Crippen LogP contribution in [0, 0.1) is 13.8 Å². The second kappa shape index (κ2) is 6.61. The molecule has 1 heterocycles. The smallest absolute Gasteiger partial charge is 0.243 e. The van der Waals surface area contributed by atoms with Crippen LogP contribution in [0.15, 0.2) is 30.3 Å². The van der Waals surface area contributed by atoms with E-state index >= 15 is 0 Å². The number of rotatable bonds is 4. The number of anilines is 2. The van der Waals surface area contributed by atoms with Gasteiger partial charge in [-0.2, -0.15) is 0 Å². The van der Waals surface area contributed by atoms with Crippen molar-refractivity contribution in [3.8, 4) is 11.5 Å². The Balaban J connectivity index is 1.69. The monoisotopic (exact) mass is 346 g/mol. The van der Waals surface area contributed by atoms with E-state index in [9.17, 15) is 4.79 Å². The summed E-state index contributed by atoms with van der Waals surface area (Å²) in [4.78, 5) is 14.2. The van der Waals surface area contributed by atoms with Gasteiger partial charge in [-0.3, -0.25) is 4.79 Å². The number of amides is 1. The molecule has 126 valence electrons. The van der Waals surface area contributed by atoms with E-state index in [0.29, 0.717) is 16.5 Å². The number of fused-ring (bicyclic) bond motifs is 1. The number of hydrogen-bond donors (Lipinski definition) is 1. The number of nitrogens with one attached hydrogen (secondary N) is 1. The number of hydrogen-bond acceptors (Lipinski definition) is 4. The second-order valence-corrected chi connectivity index (χ2v) is 6.29. The molecule has 0 radical (unpaired) electrons. The van der Waals surface area contributed by atoms with E-state index in [1.54, 1.807) is 0 Å². The van der Waals surface area contributed by atoms with Gasteiger partial charge in [0.15, 0.2) is 11.5 Å². The van der Waals surface area contributed by atoms with Crippen molar-refractivity contribution >= 4 is 28.9 Å². The van der Waals surface area contributed by atoms with Crippen LogP contribution in [0.2, 0.25) is 5.02 Å². The fourth-order valence-corrected chi connectivity index (χ4v) is 3.05. The van der Waals surface area contributed by atoms with E-state index in [-0.39, 0.29) is 19.2 Å². The van der Waals surface area contributed by atoms with Gasteiger partial charge in [0.1, 0.15) is 0 Å². The Hall–Kier alpha value is -2.40. The molecule has 3 rings (SSSR count). The van der Waals surface area contributed by atoms with Gasteiger partial charge in [0.25, 0.3) is 0 Å². The van der Waals surface area contributed by atoms with Gasteiger partial charge in [0.05, 0.1) is 17.3 Å². The zero-order valence-corrected chi connectivity index (χ0v) is 14.6. The van der Waals surface area contributed by atoms with Gasteiger partial charge in [-0.15, -0.1) is 0 Å². The Morgan fingerprint density at radius 2 is 1.96 bits per heavy atom. The predicted octanol–water partition coefficient (Wildman–Crippen LogP) is 3.76. The van der Waals surface area contributed by atoms with E-state index in [1.165, 1.54) is 0 Å². The Morgan fingerprint density at radius 3 is 2.71 bits per heavy atom. The summed E-state index contributed by atoms with van der Waals surface area (Å²) in [5, 5.41) is 3.44. The lowest BCUT2D eigenvalue weighted by molar-refractivity contribution is -0.114. The molecule has 1 N–H and O–H groups in total. The van der Waals surface area contributed by atoms with Crippen LogP contribution < -0.4 is 19.7 Å². The number of carbonyl (C=O) groups is 1. The zero-order chi connectivity index (χ0) is 17.3. The van der Waals surface area contributed by atoms with Crippen molar-refractivity contribution in [3.63, 3.8) is 0 Å². The molecule has 1 aliphatic heterocycles. The van der Waals surface area contributed by atoms with Crippen molar-refractivity contribution in [2.75, 3.05) is 30.6 Å². The SMILES string of the molecule is Cc1cc(C)c(NC(=O)CN(C)c2ccc3c(c2)OCO3)c(Cl)c1. The van der Waals surface area contributed by atoms with Gasteiger partial charge >= 0.3 is 0 Å². The maximum absolute atomic E-state index is 12.4. The topological polar surface area (TPSA) is 50.8 Å². The highest BCUT2D eigenvalue weighted by atomic mass is 35.5. The lowest BCUT2D eigenvalue weighted by atomic mass is 10.1. The number of likely N-dealkylation sites (N-methyl/N-ethyl adjacent to an activating group) is 1. The van der Waals surface area contributed by atoms with Crippen LogP contribution in [0.3, 0.4) is 0 Å². The first-order chi connectivity index (χ1) is 11.4. The van der Waals surface area contributed by atoms with Gasteiger partial charge in [-0.25, -0.2) is 0 Å². The van der Waals surface area contributed by atoms with Gasteiger partial charge in [-0.05, 0) is 43.2 Å². The molecule has 0 atom stereocenters. The Bertz CT molecular complexity index is 769. The van der Waals surface area contributed by atoms with Crippen molar-refractivity contribution in [1.82, 2.24) is 0 Å². The average Bonchev–Trinajstić information content (AvgIpc) is 2.98. The van der Waals surface area contributed by atoms with Crippen LogP contribution in [-0.4, -0.2) is 26.3 Å². The molecule has 2 aromatic rings. The molecule has 0 fully saturated rings. The summed E-state index contributed by atoms with van der Waals surface area (Å²) in [6, 6.07) is 9.42. The van der Waals surface area contributed by atoms with Crippen LogP contribution in [-0.2, 0) is 4.79 Å². The van der Waals surface area contributed by atoms with E-state index in [4.69, 9.17) is 21.1 Å². The number of benzene rings is 2. The van der Waals surface area contributed by atoms with Crippen molar-refractivity contribution in [1.29, 1.82) is 0 Å². The molecule has 2 aromatic carbocycles. The van der Waals surface area contributed by atoms with Gasteiger partial charge in [0.2, 0.25) is 12.7 Å². The molecule has 6 heteroatoms. The number of carbonyl (C=O) groups excluding carboxylic acids is 1. The first kappa shape index (κ1) is 16.5. The molecule has 0 spiro atoms. The molecule has 0 aliphatic carbocycles. The largest absolute Gasteiger partial charge is 0.454 e. The fourth-order valence-electron chi connectivity index (χ4n) is 2.68. The normalized spacial score (nSPS) is 12.2. The van der Waals surface area contributed by atoms with Gasteiger partial charge < -0.3 is 19.7 Å². The van der Waals surface area contributed by atoms with Crippen molar-refractivity contribution in [3.05, 3.63) is 46.5 Å². The number of halogens is 1. The van der Waals surface area contributed by atoms with E-state index in [0.717, 1.165) is 22.6 Å². The van der Waals surface area contributed by atoms with Crippen LogP contribution in [0.4, 0.5) is 11.4 Å². The minimum absolute atomic E-state index is 0.135. The summed E-state index contributed by atoms with van der Waals surface area (Å²) in [6.45, 7) is 4.32.